The molecule has 33 heavy (non-hydrogen) atoms. The first kappa shape index (κ1) is 21.0. The lowest BCUT2D eigenvalue weighted by molar-refractivity contribution is -0.137. The number of urea groups is 1. The van der Waals surface area contributed by atoms with Crippen LogP contribution in [-0.2, 0) is 16.0 Å². The fraction of sp³-hybridized carbons (Fsp3) is 0.292. The minimum Gasteiger partial charge on any atom is -0.366 e. The average Bonchev–Trinajstić information content (AvgIpc) is 3.35. The van der Waals surface area contributed by atoms with Gasteiger partial charge >= 0.3 is 6.03 Å². The topological polar surface area (TPSA) is 88.8 Å². The van der Waals surface area contributed by atoms with Gasteiger partial charge in [-0.25, -0.2) is 9.18 Å². The van der Waals surface area contributed by atoms with Crippen LogP contribution in [0.3, 0.4) is 0 Å². The number of para-hydroxylation sites is 2. The molecule has 5 rings (SSSR count). The number of aromatic amines is 1. The molecule has 9 heteroatoms. The fourth-order valence-electron chi connectivity index (χ4n) is 4.53. The first-order valence-corrected chi connectivity index (χ1v) is 11.0. The maximum absolute atomic E-state index is 14.0. The Hall–Kier alpha value is -3.88. The summed E-state index contributed by atoms with van der Waals surface area (Å²) in [5.41, 5.74) is 2.41. The van der Waals surface area contributed by atoms with Crippen LogP contribution >= 0.6 is 0 Å². The summed E-state index contributed by atoms with van der Waals surface area (Å²) in [6.45, 7) is 1.46. The number of nitrogens with zero attached hydrogens (tertiary/aromatic N) is 3. The molecule has 0 spiro atoms. The molecule has 2 aliphatic rings. The Morgan fingerprint density at radius 2 is 1.73 bits per heavy atom. The Balaban J connectivity index is 1.19. The van der Waals surface area contributed by atoms with Crippen molar-refractivity contribution in [1.82, 2.24) is 20.1 Å². The van der Waals surface area contributed by atoms with Crippen LogP contribution in [0.25, 0.3) is 10.9 Å². The molecule has 2 fully saturated rings. The monoisotopic (exact) mass is 449 g/mol. The number of anilines is 1. The molecule has 3 aromatic rings. The summed E-state index contributed by atoms with van der Waals surface area (Å²) in [4.78, 5) is 45.8. The van der Waals surface area contributed by atoms with Crippen molar-refractivity contribution in [1.29, 1.82) is 0 Å². The largest absolute Gasteiger partial charge is 0.366 e. The summed E-state index contributed by atoms with van der Waals surface area (Å²) < 4.78 is 14.0. The molecule has 2 N–H and O–H groups in total. The van der Waals surface area contributed by atoms with Crippen LogP contribution in [0.1, 0.15) is 5.56 Å². The van der Waals surface area contributed by atoms with E-state index in [0.717, 1.165) is 21.4 Å². The van der Waals surface area contributed by atoms with Crippen LogP contribution in [0.5, 0.6) is 0 Å². The zero-order chi connectivity index (χ0) is 22.9. The number of aromatic nitrogens is 1. The minimum absolute atomic E-state index is 0.292. The number of hydrogen-bond acceptors (Lipinski definition) is 4. The second kappa shape index (κ2) is 8.57. The average molecular weight is 449 g/mol. The van der Waals surface area contributed by atoms with Gasteiger partial charge in [-0.1, -0.05) is 30.3 Å². The van der Waals surface area contributed by atoms with Gasteiger partial charge in [-0.05, 0) is 23.8 Å². The molecule has 2 aliphatic heterocycles. The second-order valence-electron chi connectivity index (χ2n) is 8.31. The normalized spacial score (nSPS) is 18.8. The molecule has 8 nitrogen and oxygen atoms in total. The number of H-pyrrole nitrogens is 1. The SMILES string of the molecule is O=C(CN1C(=O)N[C@H](Cc2c[nH]c3ccccc23)C1=O)N1CCN(c2ccccc2F)CC1. The van der Waals surface area contributed by atoms with Gasteiger partial charge in [0.2, 0.25) is 5.91 Å². The van der Waals surface area contributed by atoms with E-state index in [1.165, 1.54) is 6.07 Å². The Labute approximate surface area is 189 Å². The molecule has 2 aromatic carbocycles. The highest BCUT2D eigenvalue weighted by Crippen LogP contribution is 2.22. The van der Waals surface area contributed by atoms with Gasteiger partial charge in [-0.15, -0.1) is 0 Å². The van der Waals surface area contributed by atoms with Crippen LogP contribution in [0, 0.1) is 5.82 Å². The first-order chi connectivity index (χ1) is 16.0. The van der Waals surface area contributed by atoms with Gasteiger partial charge in [0.15, 0.2) is 0 Å². The van der Waals surface area contributed by atoms with Crippen LogP contribution in [0.2, 0.25) is 0 Å². The molecule has 1 aromatic heterocycles. The van der Waals surface area contributed by atoms with Crippen molar-refractivity contribution in [2.45, 2.75) is 12.5 Å². The van der Waals surface area contributed by atoms with Crippen molar-refractivity contribution < 1.29 is 18.8 Å². The highest BCUT2D eigenvalue weighted by atomic mass is 19.1. The van der Waals surface area contributed by atoms with Crippen molar-refractivity contribution in [3.63, 3.8) is 0 Å². The minimum atomic E-state index is -0.706. The number of carbonyl (C=O) groups is 3. The lowest BCUT2D eigenvalue weighted by Gasteiger charge is -2.36. The van der Waals surface area contributed by atoms with E-state index in [9.17, 15) is 18.8 Å². The van der Waals surface area contributed by atoms with E-state index in [-0.39, 0.29) is 18.3 Å². The van der Waals surface area contributed by atoms with Crippen molar-refractivity contribution in [2.24, 2.45) is 0 Å². The number of hydrogen-bond donors (Lipinski definition) is 2. The van der Waals surface area contributed by atoms with Crippen molar-refractivity contribution in [2.75, 3.05) is 37.6 Å². The summed E-state index contributed by atoms with van der Waals surface area (Å²) in [5.74, 6) is -0.985. The number of fused-ring (bicyclic) bond motifs is 1. The van der Waals surface area contributed by atoms with Gasteiger partial charge < -0.3 is 20.1 Å². The third kappa shape index (κ3) is 4.02. The van der Waals surface area contributed by atoms with Gasteiger partial charge in [0.25, 0.3) is 5.91 Å². The molecule has 0 saturated carbocycles. The summed E-state index contributed by atoms with van der Waals surface area (Å²) >= 11 is 0. The van der Waals surface area contributed by atoms with E-state index in [4.69, 9.17) is 0 Å². The summed E-state index contributed by atoms with van der Waals surface area (Å²) in [7, 11) is 0. The van der Waals surface area contributed by atoms with Crippen LogP contribution < -0.4 is 10.2 Å². The van der Waals surface area contributed by atoms with E-state index >= 15 is 0 Å². The number of halogens is 1. The molecule has 170 valence electrons. The quantitative estimate of drug-likeness (QED) is 0.584. The van der Waals surface area contributed by atoms with Crippen LogP contribution in [0.4, 0.5) is 14.9 Å². The maximum Gasteiger partial charge on any atom is 0.325 e. The smallest absolute Gasteiger partial charge is 0.325 e. The second-order valence-corrected chi connectivity index (χ2v) is 8.31. The molecule has 0 aliphatic carbocycles. The molecule has 4 amide bonds. The number of nitrogens with one attached hydrogen (secondary N) is 2. The summed E-state index contributed by atoms with van der Waals surface area (Å²) in [6, 6.07) is 13.1. The Bertz CT molecular complexity index is 1220. The Kier molecular flexibility index (Phi) is 5.45. The first-order valence-electron chi connectivity index (χ1n) is 11.0. The van der Waals surface area contributed by atoms with Crippen molar-refractivity contribution in [3.8, 4) is 0 Å². The Morgan fingerprint density at radius 3 is 2.52 bits per heavy atom. The number of amides is 4. The molecule has 0 bridgehead atoms. The molecule has 0 radical (unpaired) electrons. The maximum atomic E-state index is 14.0. The zero-order valence-electron chi connectivity index (χ0n) is 18.0. The molecule has 3 heterocycles. The molecule has 2 saturated heterocycles. The van der Waals surface area contributed by atoms with E-state index in [0.29, 0.717) is 38.3 Å². The third-order valence-corrected chi connectivity index (χ3v) is 6.32. The number of piperazine rings is 1. The predicted octanol–water partition coefficient (Wildman–Crippen LogP) is 2.12. The predicted molar refractivity (Wildman–Crippen MR) is 121 cm³/mol. The number of benzene rings is 2. The van der Waals surface area contributed by atoms with Crippen molar-refractivity contribution >= 4 is 34.4 Å². The number of imide groups is 1. The van der Waals surface area contributed by atoms with E-state index < -0.39 is 18.0 Å². The molecular formula is C24H24FN5O3. The lowest BCUT2D eigenvalue weighted by Crippen LogP contribution is -2.52. The number of rotatable bonds is 5. The third-order valence-electron chi connectivity index (χ3n) is 6.32. The van der Waals surface area contributed by atoms with Crippen LogP contribution in [-0.4, -0.2) is 71.4 Å². The van der Waals surface area contributed by atoms with Gasteiger partial charge in [-0.2, -0.15) is 0 Å². The fourth-order valence-corrected chi connectivity index (χ4v) is 4.53. The summed E-state index contributed by atoms with van der Waals surface area (Å²) in [5, 5.41) is 3.70. The molecule has 1 atom stereocenters. The van der Waals surface area contributed by atoms with Gasteiger partial charge in [0.05, 0.1) is 5.69 Å². The highest BCUT2D eigenvalue weighted by molar-refractivity contribution is 6.06. The Morgan fingerprint density at radius 1 is 1.00 bits per heavy atom. The number of carbonyl (C=O) groups excluding carboxylic acids is 3. The standard InChI is InChI=1S/C24H24FN5O3/c25-18-6-2-4-8-21(18)28-9-11-29(12-10-28)22(31)15-30-23(32)20(27-24(30)33)13-16-14-26-19-7-3-1-5-17(16)19/h1-8,14,20,26H,9-13,15H2,(H,27,33)/t20-/m1/s1. The van der Waals surface area contributed by atoms with Gasteiger partial charge in [0, 0.05) is 49.7 Å². The van der Waals surface area contributed by atoms with Crippen molar-refractivity contribution in [3.05, 3.63) is 66.1 Å². The zero-order valence-corrected chi connectivity index (χ0v) is 18.0. The highest BCUT2D eigenvalue weighted by Gasteiger charge is 2.40. The van der Waals surface area contributed by atoms with Crippen LogP contribution in [0.15, 0.2) is 54.7 Å². The van der Waals surface area contributed by atoms with Gasteiger partial charge in [-0.3, -0.25) is 14.5 Å². The molecule has 0 unspecified atom stereocenters. The van der Waals surface area contributed by atoms with E-state index in [1.807, 2.05) is 35.4 Å². The van der Waals surface area contributed by atoms with E-state index in [1.54, 1.807) is 23.1 Å². The lowest BCUT2D eigenvalue weighted by atomic mass is 10.1. The molecular weight excluding hydrogens is 425 g/mol. The summed E-state index contributed by atoms with van der Waals surface area (Å²) in [6.07, 6.45) is 2.19. The van der Waals surface area contributed by atoms with Gasteiger partial charge in [0.1, 0.15) is 18.4 Å². The van der Waals surface area contributed by atoms with E-state index in [2.05, 4.69) is 10.3 Å².